The number of nitrogens with zero attached hydrogens (tertiary/aromatic N) is 1. The van der Waals surface area contributed by atoms with Gasteiger partial charge in [-0.1, -0.05) is 25.1 Å². The van der Waals surface area contributed by atoms with Crippen molar-refractivity contribution < 1.29 is 0 Å². The Labute approximate surface area is 85.7 Å². The van der Waals surface area contributed by atoms with Crippen LogP contribution >= 0.6 is 0 Å². The first kappa shape index (κ1) is 9.53. The quantitative estimate of drug-likeness (QED) is 0.789. The third kappa shape index (κ3) is 1.50. The van der Waals surface area contributed by atoms with Crippen molar-refractivity contribution in [3.63, 3.8) is 0 Å². The summed E-state index contributed by atoms with van der Waals surface area (Å²) in [6.45, 7) is 5.23. The molecule has 1 heterocycles. The van der Waals surface area contributed by atoms with Gasteiger partial charge in [-0.25, -0.2) is 0 Å². The average molecular weight is 190 g/mol. The second-order valence-corrected chi connectivity index (χ2v) is 3.94. The average Bonchev–Trinajstić information content (AvgIpc) is 2.58. The Bertz CT molecular complexity index is 309. The molecule has 2 N–H and O–H groups in total. The smallest absolute Gasteiger partial charge is 0.0402 e. The van der Waals surface area contributed by atoms with Crippen molar-refractivity contribution in [1.29, 1.82) is 0 Å². The van der Waals surface area contributed by atoms with Crippen LogP contribution in [0.3, 0.4) is 0 Å². The molecule has 0 bridgehead atoms. The van der Waals surface area contributed by atoms with Crippen LogP contribution in [0.5, 0.6) is 0 Å². The molecule has 1 atom stereocenters. The van der Waals surface area contributed by atoms with Crippen LogP contribution in [0.1, 0.15) is 24.8 Å². The molecule has 2 nitrogen and oxygen atoms in total. The Morgan fingerprint density at radius 1 is 1.43 bits per heavy atom. The minimum absolute atomic E-state index is 0.540. The second kappa shape index (κ2) is 4.01. The van der Waals surface area contributed by atoms with E-state index in [1.165, 1.54) is 17.7 Å². The van der Waals surface area contributed by atoms with Crippen molar-refractivity contribution in [2.75, 3.05) is 24.5 Å². The number of hydrogen-bond donors (Lipinski definition) is 1. The predicted octanol–water partition coefficient (Wildman–Crippen LogP) is 1.96. The lowest BCUT2D eigenvalue weighted by atomic mass is 10.0. The van der Waals surface area contributed by atoms with E-state index in [2.05, 4.69) is 36.1 Å². The van der Waals surface area contributed by atoms with Gasteiger partial charge < -0.3 is 10.6 Å². The van der Waals surface area contributed by atoms with E-state index in [9.17, 15) is 0 Å². The highest BCUT2D eigenvalue weighted by atomic mass is 15.2. The number of fused-ring (bicyclic) bond motifs is 1. The summed E-state index contributed by atoms with van der Waals surface area (Å²) >= 11 is 0. The van der Waals surface area contributed by atoms with Crippen molar-refractivity contribution in [3.05, 3.63) is 29.8 Å². The molecule has 0 radical (unpaired) electrons. The highest BCUT2D eigenvalue weighted by molar-refractivity contribution is 5.60. The van der Waals surface area contributed by atoms with Crippen LogP contribution in [0.15, 0.2) is 24.3 Å². The lowest BCUT2D eigenvalue weighted by Crippen LogP contribution is -2.25. The van der Waals surface area contributed by atoms with Gasteiger partial charge in [0.2, 0.25) is 0 Å². The maximum atomic E-state index is 5.78. The number of anilines is 1. The third-order valence-corrected chi connectivity index (χ3v) is 2.94. The lowest BCUT2D eigenvalue weighted by Gasteiger charge is -2.18. The molecular weight excluding hydrogens is 172 g/mol. The van der Waals surface area contributed by atoms with Crippen LogP contribution in [-0.4, -0.2) is 19.6 Å². The van der Waals surface area contributed by atoms with Gasteiger partial charge in [-0.15, -0.1) is 0 Å². The lowest BCUT2D eigenvalue weighted by molar-refractivity contribution is 0.692. The molecule has 1 aliphatic rings. The molecule has 0 spiro atoms. The van der Waals surface area contributed by atoms with E-state index >= 15 is 0 Å². The summed E-state index contributed by atoms with van der Waals surface area (Å²) in [6.07, 6.45) is 1.20. The van der Waals surface area contributed by atoms with Gasteiger partial charge in [0.15, 0.2) is 0 Å². The highest BCUT2D eigenvalue weighted by Crippen LogP contribution is 2.35. The Morgan fingerprint density at radius 3 is 2.93 bits per heavy atom. The maximum absolute atomic E-state index is 5.78. The molecule has 0 aliphatic carbocycles. The van der Waals surface area contributed by atoms with Gasteiger partial charge in [0.25, 0.3) is 0 Å². The molecule has 0 fully saturated rings. The van der Waals surface area contributed by atoms with Gasteiger partial charge in [-0.2, -0.15) is 0 Å². The second-order valence-electron chi connectivity index (χ2n) is 3.94. The molecule has 1 aromatic carbocycles. The first-order valence-electron chi connectivity index (χ1n) is 5.40. The van der Waals surface area contributed by atoms with Gasteiger partial charge in [-0.3, -0.25) is 0 Å². The molecule has 1 unspecified atom stereocenters. The van der Waals surface area contributed by atoms with E-state index < -0.39 is 0 Å². The first-order valence-corrected chi connectivity index (χ1v) is 5.40. The number of hydrogen-bond acceptors (Lipinski definition) is 2. The molecule has 1 aromatic rings. The number of nitrogens with two attached hydrogens (primary N) is 1. The van der Waals surface area contributed by atoms with E-state index in [0.717, 1.165) is 19.6 Å². The van der Waals surface area contributed by atoms with E-state index in [-0.39, 0.29) is 0 Å². The number of benzene rings is 1. The fourth-order valence-corrected chi connectivity index (χ4v) is 2.27. The SMILES string of the molecule is CCCN1CC(CN)c2ccccc21. The van der Waals surface area contributed by atoms with Crippen molar-refractivity contribution in [2.24, 2.45) is 5.73 Å². The van der Waals surface area contributed by atoms with Crippen molar-refractivity contribution in [3.8, 4) is 0 Å². The molecule has 2 heteroatoms. The molecule has 76 valence electrons. The topological polar surface area (TPSA) is 29.3 Å². The molecular formula is C12H18N2. The van der Waals surface area contributed by atoms with Crippen LogP contribution in [0.2, 0.25) is 0 Å². The predicted molar refractivity (Wildman–Crippen MR) is 60.7 cm³/mol. The zero-order chi connectivity index (χ0) is 9.97. The van der Waals surface area contributed by atoms with Crippen LogP contribution < -0.4 is 10.6 Å². The van der Waals surface area contributed by atoms with Crippen LogP contribution in [0, 0.1) is 0 Å². The molecule has 14 heavy (non-hydrogen) atoms. The number of para-hydroxylation sites is 1. The standard InChI is InChI=1S/C12H18N2/c1-2-7-14-9-10(8-13)11-5-3-4-6-12(11)14/h3-6,10H,2,7-9,13H2,1H3. The summed E-state index contributed by atoms with van der Waals surface area (Å²) in [7, 11) is 0. The highest BCUT2D eigenvalue weighted by Gasteiger charge is 2.25. The molecule has 0 saturated carbocycles. The van der Waals surface area contributed by atoms with Gasteiger partial charge >= 0.3 is 0 Å². The molecule has 0 saturated heterocycles. The summed E-state index contributed by atoms with van der Waals surface area (Å²) in [4.78, 5) is 2.45. The molecule has 0 amide bonds. The monoisotopic (exact) mass is 190 g/mol. The summed E-state index contributed by atoms with van der Waals surface area (Å²) in [5.41, 5.74) is 8.61. The Balaban J connectivity index is 2.29. The van der Waals surface area contributed by atoms with Gasteiger partial charge in [0.1, 0.15) is 0 Å². The van der Waals surface area contributed by atoms with Crippen LogP contribution in [0.4, 0.5) is 5.69 Å². The summed E-state index contributed by atoms with van der Waals surface area (Å²) in [5, 5.41) is 0. The normalized spacial score (nSPS) is 19.9. The van der Waals surface area contributed by atoms with Gasteiger partial charge in [0, 0.05) is 31.2 Å². The summed E-state index contributed by atoms with van der Waals surface area (Å²) in [6, 6.07) is 8.64. The van der Waals surface area contributed by atoms with Crippen molar-refractivity contribution >= 4 is 5.69 Å². The largest absolute Gasteiger partial charge is 0.371 e. The molecule has 2 rings (SSSR count). The van der Waals surface area contributed by atoms with E-state index in [1.54, 1.807) is 0 Å². The van der Waals surface area contributed by atoms with E-state index in [0.29, 0.717) is 5.92 Å². The van der Waals surface area contributed by atoms with E-state index in [1.807, 2.05) is 0 Å². The third-order valence-electron chi connectivity index (χ3n) is 2.94. The minimum atomic E-state index is 0.540. The summed E-state index contributed by atoms with van der Waals surface area (Å²) in [5.74, 6) is 0.540. The van der Waals surface area contributed by atoms with Crippen molar-refractivity contribution in [2.45, 2.75) is 19.3 Å². The van der Waals surface area contributed by atoms with Gasteiger partial charge in [0.05, 0.1) is 0 Å². The Kier molecular flexibility index (Phi) is 2.73. The summed E-state index contributed by atoms with van der Waals surface area (Å²) < 4.78 is 0. The van der Waals surface area contributed by atoms with Gasteiger partial charge in [-0.05, 0) is 18.1 Å². The molecule has 0 aromatic heterocycles. The van der Waals surface area contributed by atoms with E-state index in [4.69, 9.17) is 5.73 Å². The Morgan fingerprint density at radius 2 is 2.21 bits per heavy atom. The Hall–Kier alpha value is -1.02. The maximum Gasteiger partial charge on any atom is 0.0402 e. The fraction of sp³-hybridized carbons (Fsp3) is 0.500. The fourth-order valence-electron chi connectivity index (χ4n) is 2.27. The molecule has 1 aliphatic heterocycles. The van der Waals surface area contributed by atoms with Crippen LogP contribution in [0.25, 0.3) is 0 Å². The first-order chi connectivity index (χ1) is 6.86. The zero-order valence-electron chi connectivity index (χ0n) is 8.74. The van der Waals surface area contributed by atoms with Crippen LogP contribution in [-0.2, 0) is 0 Å². The number of rotatable bonds is 3. The van der Waals surface area contributed by atoms with Crippen molar-refractivity contribution in [1.82, 2.24) is 0 Å². The zero-order valence-corrected chi connectivity index (χ0v) is 8.74. The minimum Gasteiger partial charge on any atom is -0.371 e.